The van der Waals surface area contributed by atoms with Crippen LogP contribution in [0.25, 0.3) is 21.9 Å². The Bertz CT molecular complexity index is 1220. The predicted molar refractivity (Wildman–Crippen MR) is 118 cm³/mol. The molecule has 2 aliphatic rings. The SMILES string of the molecule is Cc1coc2cc3oc(=O)c(CCC(=O)N4CC[C@]5(O)CCCC[C@H]5C4)c(C)c3cc12. The van der Waals surface area contributed by atoms with Gasteiger partial charge in [-0.3, -0.25) is 4.79 Å². The molecule has 164 valence electrons. The quantitative estimate of drug-likeness (QED) is 0.637. The summed E-state index contributed by atoms with van der Waals surface area (Å²) >= 11 is 0. The molecular weight excluding hydrogens is 394 g/mol. The van der Waals surface area contributed by atoms with Crippen molar-refractivity contribution in [1.82, 2.24) is 4.90 Å². The molecule has 2 fully saturated rings. The number of piperidine rings is 1. The van der Waals surface area contributed by atoms with E-state index in [1.54, 1.807) is 12.3 Å². The second kappa shape index (κ2) is 7.52. The second-order valence-corrected chi connectivity index (χ2v) is 9.39. The van der Waals surface area contributed by atoms with Gasteiger partial charge in [-0.25, -0.2) is 4.79 Å². The minimum atomic E-state index is -0.596. The predicted octanol–water partition coefficient (Wildman–Crippen LogP) is 4.24. The summed E-state index contributed by atoms with van der Waals surface area (Å²) in [6.07, 6.45) is 7.00. The van der Waals surface area contributed by atoms with Gasteiger partial charge in [0.25, 0.3) is 0 Å². The van der Waals surface area contributed by atoms with Gasteiger partial charge in [-0.2, -0.15) is 0 Å². The summed E-state index contributed by atoms with van der Waals surface area (Å²) in [6, 6.07) is 3.77. The van der Waals surface area contributed by atoms with E-state index in [9.17, 15) is 14.7 Å². The summed E-state index contributed by atoms with van der Waals surface area (Å²) < 4.78 is 11.1. The number of fused-ring (bicyclic) bond motifs is 3. The van der Waals surface area contributed by atoms with Crippen molar-refractivity contribution in [1.29, 1.82) is 0 Å². The second-order valence-electron chi connectivity index (χ2n) is 9.39. The Kier molecular flexibility index (Phi) is 4.93. The van der Waals surface area contributed by atoms with Crippen molar-refractivity contribution in [3.63, 3.8) is 0 Å². The molecule has 5 rings (SSSR count). The van der Waals surface area contributed by atoms with Gasteiger partial charge in [-0.15, -0.1) is 0 Å². The number of rotatable bonds is 3. The van der Waals surface area contributed by atoms with Crippen molar-refractivity contribution in [2.24, 2.45) is 5.92 Å². The molecule has 3 aromatic rings. The highest BCUT2D eigenvalue weighted by Crippen LogP contribution is 2.40. The van der Waals surface area contributed by atoms with Gasteiger partial charge >= 0.3 is 5.63 Å². The number of benzene rings is 1. The zero-order valence-electron chi connectivity index (χ0n) is 18.2. The van der Waals surface area contributed by atoms with E-state index in [0.29, 0.717) is 42.7 Å². The van der Waals surface area contributed by atoms with Crippen molar-refractivity contribution in [2.75, 3.05) is 13.1 Å². The Balaban J connectivity index is 1.35. The highest BCUT2D eigenvalue weighted by molar-refractivity contribution is 5.96. The third-order valence-corrected chi connectivity index (χ3v) is 7.54. The lowest BCUT2D eigenvalue weighted by Gasteiger charge is -2.47. The van der Waals surface area contributed by atoms with Crippen molar-refractivity contribution in [2.45, 2.75) is 64.4 Å². The number of carbonyl (C=O) groups excluding carboxylic acids is 1. The first-order valence-electron chi connectivity index (χ1n) is 11.3. The van der Waals surface area contributed by atoms with Crippen molar-refractivity contribution in [3.8, 4) is 0 Å². The van der Waals surface area contributed by atoms with Gasteiger partial charge in [0.15, 0.2) is 0 Å². The highest BCUT2D eigenvalue weighted by atomic mass is 16.4. The van der Waals surface area contributed by atoms with Crippen molar-refractivity contribution >= 4 is 27.8 Å². The van der Waals surface area contributed by atoms with E-state index in [1.165, 1.54) is 0 Å². The average Bonchev–Trinajstić information content (AvgIpc) is 3.11. The normalized spacial score (nSPS) is 24.0. The summed E-state index contributed by atoms with van der Waals surface area (Å²) in [5.74, 6) is 0.222. The van der Waals surface area contributed by atoms with Crippen LogP contribution in [0.5, 0.6) is 0 Å². The Morgan fingerprint density at radius 3 is 2.87 bits per heavy atom. The van der Waals surface area contributed by atoms with Gasteiger partial charge in [0, 0.05) is 47.8 Å². The maximum atomic E-state index is 12.9. The van der Waals surface area contributed by atoms with Gasteiger partial charge in [0.05, 0.1) is 11.9 Å². The zero-order chi connectivity index (χ0) is 21.8. The lowest BCUT2D eigenvalue weighted by Crippen LogP contribution is -2.54. The number of carbonyl (C=O) groups is 1. The summed E-state index contributed by atoms with van der Waals surface area (Å²) in [5.41, 5.74) is 2.68. The molecule has 1 saturated carbocycles. The maximum Gasteiger partial charge on any atom is 0.339 e. The molecule has 6 heteroatoms. The molecule has 0 spiro atoms. The number of amides is 1. The van der Waals surface area contributed by atoms with Crippen molar-refractivity contribution in [3.05, 3.63) is 45.5 Å². The van der Waals surface area contributed by atoms with Crippen LogP contribution >= 0.6 is 0 Å². The molecule has 1 saturated heterocycles. The van der Waals surface area contributed by atoms with E-state index in [-0.39, 0.29) is 23.9 Å². The lowest BCUT2D eigenvalue weighted by atomic mass is 9.71. The maximum absolute atomic E-state index is 12.9. The molecule has 0 unspecified atom stereocenters. The minimum Gasteiger partial charge on any atom is -0.464 e. The zero-order valence-corrected chi connectivity index (χ0v) is 18.2. The molecular formula is C25H29NO5. The van der Waals surface area contributed by atoms with E-state index in [0.717, 1.165) is 47.6 Å². The first kappa shape index (κ1) is 20.3. The van der Waals surface area contributed by atoms with Crippen LogP contribution < -0.4 is 5.63 Å². The van der Waals surface area contributed by atoms with Crippen LogP contribution in [0.15, 0.2) is 32.0 Å². The van der Waals surface area contributed by atoms with Crippen LogP contribution in [0.1, 0.15) is 55.2 Å². The molecule has 1 aliphatic carbocycles. The van der Waals surface area contributed by atoms with E-state index in [2.05, 4.69) is 0 Å². The standard InChI is InChI=1S/C25H29NO5/c1-15-14-30-21-12-22-20(11-19(15)21)16(2)18(24(28)31-22)6-7-23(27)26-10-9-25(29)8-4-3-5-17(25)13-26/h11-12,14,17,29H,3-10,13H2,1-2H3/t17-,25+/m0/s1. The lowest BCUT2D eigenvalue weighted by molar-refractivity contribution is -0.143. The monoisotopic (exact) mass is 423 g/mol. The fraction of sp³-hybridized carbons (Fsp3) is 0.520. The van der Waals surface area contributed by atoms with Crippen molar-refractivity contribution < 1.29 is 18.7 Å². The summed E-state index contributed by atoms with van der Waals surface area (Å²) in [5, 5.41) is 12.7. The molecule has 0 radical (unpaired) electrons. The number of furan rings is 1. The molecule has 1 N–H and O–H groups in total. The summed E-state index contributed by atoms with van der Waals surface area (Å²) in [6.45, 7) is 5.12. The van der Waals surface area contributed by atoms with Crippen LogP contribution in [-0.2, 0) is 11.2 Å². The summed E-state index contributed by atoms with van der Waals surface area (Å²) in [4.78, 5) is 27.5. The number of aliphatic hydroxyl groups is 1. The van der Waals surface area contributed by atoms with Gasteiger partial charge in [-0.1, -0.05) is 12.8 Å². The third kappa shape index (κ3) is 3.47. The first-order chi connectivity index (χ1) is 14.9. The van der Waals surface area contributed by atoms with E-state index < -0.39 is 5.60 Å². The molecule has 1 aromatic carbocycles. The van der Waals surface area contributed by atoms with E-state index in [4.69, 9.17) is 8.83 Å². The number of hydrogen-bond acceptors (Lipinski definition) is 5. The van der Waals surface area contributed by atoms with Crippen LogP contribution in [0, 0.1) is 19.8 Å². The third-order valence-electron chi connectivity index (χ3n) is 7.54. The number of likely N-dealkylation sites (tertiary alicyclic amines) is 1. The minimum absolute atomic E-state index is 0.0488. The number of aryl methyl sites for hydroxylation is 2. The Morgan fingerprint density at radius 1 is 1.19 bits per heavy atom. The van der Waals surface area contributed by atoms with Gasteiger partial charge in [0.2, 0.25) is 5.91 Å². The molecule has 31 heavy (non-hydrogen) atoms. The largest absolute Gasteiger partial charge is 0.464 e. The summed E-state index contributed by atoms with van der Waals surface area (Å²) in [7, 11) is 0. The molecule has 1 aliphatic heterocycles. The number of nitrogens with zero attached hydrogens (tertiary/aromatic N) is 1. The Labute approximate surface area is 180 Å². The van der Waals surface area contributed by atoms with Crippen LogP contribution in [0.2, 0.25) is 0 Å². The van der Waals surface area contributed by atoms with Gasteiger partial charge in [0.1, 0.15) is 11.2 Å². The van der Waals surface area contributed by atoms with Gasteiger partial charge in [-0.05, 0) is 56.7 Å². The van der Waals surface area contributed by atoms with Gasteiger partial charge < -0.3 is 18.8 Å². The molecule has 6 nitrogen and oxygen atoms in total. The number of hydrogen-bond donors (Lipinski definition) is 1. The first-order valence-corrected chi connectivity index (χ1v) is 11.3. The molecule has 1 amide bonds. The fourth-order valence-corrected chi connectivity index (χ4v) is 5.51. The van der Waals surface area contributed by atoms with Crippen LogP contribution in [0.4, 0.5) is 0 Å². The van der Waals surface area contributed by atoms with E-state index >= 15 is 0 Å². The highest BCUT2D eigenvalue weighted by Gasteiger charge is 2.43. The van der Waals surface area contributed by atoms with E-state index in [1.807, 2.05) is 24.8 Å². The molecule has 3 heterocycles. The molecule has 0 bridgehead atoms. The smallest absolute Gasteiger partial charge is 0.339 e. The average molecular weight is 424 g/mol. The van der Waals surface area contributed by atoms with Crippen LogP contribution in [-0.4, -0.2) is 34.6 Å². The molecule has 2 atom stereocenters. The molecule has 2 aromatic heterocycles. The Morgan fingerprint density at radius 2 is 2.03 bits per heavy atom. The van der Waals surface area contributed by atoms with Crippen LogP contribution in [0.3, 0.4) is 0 Å². The topological polar surface area (TPSA) is 83.9 Å². The fourth-order valence-electron chi connectivity index (χ4n) is 5.51. The Hall–Kier alpha value is -2.60.